The summed E-state index contributed by atoms with van der Waals surface area (Å²) in [6, 6.07) is 3.51. The summed E-state index contributed by atoms with van der Waals surface area (Å²) in [5, 5.41) is 0. The molecule has 2 heterocycles. The summed E-state index contributed by atoms with van der Waals surface area (Å²) in [4.78, 5) is 28.6. The summed E-state index contributed by atoms with van der Waals surface area (Å²) in [5.41, 5.74) is -0.452. The van der Waals surface area contributed by atoms with Gasteiger partial charge in [-0.15, -0.1) is 0 Å². The van der Waals surface area contributed by atoms with Gasteiger partial charge in [0.05, 0.1) is 7.11 Å². The van der Waals surface area contributed by atoms with Crippen LogP contribution in [0.2, 0.25) is 0 Å². The first-order valence-corrected chi connectivity index (χ1v) is 7.25. The summed E-state index contributed by atoms with van der Waals surface area (Å²) in [5.74, 6) is 0. The molecule has 7 heteroatoms. The lowest BCUT2D eigenvalue weighted by atomic mass is 10.6. The second-order valence-electron chi connectivity index (χ2n) is 3.73. The standard InChI is InChI=1S/C7H10N2O2.C6H8N2O.C2H6/c1-3-9-5-4-6(10)8-7(9)11-2;1-2-8-5-3-4-7-6(8)9;1-2/h4-5H,3H2,1-2H3;3-5H,2H2,1H3;1-2H3. The maximum atomic E-state index is 10.7. The molecule has 122 valence electrons. The van der Waals surface area contributed by atoms with Crippen LogP contribution in [0.1, 0.15) is 27.7 Å². The van der Waals surface area contributed by atoms with Crippen LogP contribution in [0.3, 0.4) is 0 Å². The van der Waals surface area contributed by atoms with E-state index in [0.717, 1.165) is 6.54 Å². The Labute approximate surface area is 130 Å². The fraction of sp³-hybridized carbons (Fsp3) is 0.467. The van der Waals surface area contributed by atoms with Crippen molar-refractivity contribution in [2.24, 2.45) is 0 Å². The molecule has 0 aliphatic heterocycles. The van der Waals surface area contributed by atoms with E-state index in [2.05, 4.69) is 9.97 Å². The summed E-state index contributed by atoms with van der Waals surface area (Å²) in [6.45, 7) is 9.29. The number of aryl methyl sites for hydroxylation is 2. The Morgan fingerprint density at radius 1 is 1.09 bits per heavy atom. The third-order valence-corrected chi connectivity index (χ3v) is 2.50. The van der Waals surface area contributed by atoms with E-state index in [4.69, 9.17) is 4.74 Å². The van der Waals surface area contributed by atoms with E-state index in [-0.39, 0.29) is 11.2 Å². The molecule has 0 bridgehead atoms. The molecule has 0 saturated heterocycles. The molecule has 2 aromatic heterocycles. The van der Waals surface area contributed by atoms with E-state index in [0.29, 0.717) is 12.6 Å². The molecular weight excluding hydrogens is 284 g/mol. The van der Waals surface area contributed by atoms with Gasteiger partial charge >= 0.3 is 5.69 Å². The van der Waals surface area contributed by atoms with Crippen LogP contribution in [0.4, 0.5) is 0 Å². The van der Waals surface area contributed by atoms with Gasteiger partial charge in [0.15, 0.2) is 0 Å². The van der Waals surface area contributed by atoms with Crippen molar-refractivity contribution in [2.75, 3.05) is 7.11 Å². The first-order chi connectivity index (χ1) is 10.6. The van der Waals surface area contributed by atoms with Gasteiger partial charge in [-0.05, 0) is 19.9 Å². The Morgan fingerprint density at radius 3 is 2.18 bits per heavy atom. The molecule has 0 fully saturated rings. The van der Waals surface area contributed by atoms with Gasteiger partial charge in [0.2, 0.25) is 0 Å². The largest absolute Gasteiger partial charge is 0.468 e. The van der Waals surface area contributed by atoms with E-state index in [9.17, 15) is 9.59 Å². The van der Waals surface area contributed by atoms with Crippen LogP contribution in [-0.2, 0) is 13.1 Å². The van der Waals surface area contributed by atoms with E-state index in [1.165, 1.54) is 19.4 Å². The highest BCUT2D eigenvalue weighted by molar-refractivity contribution is 4.97. The lowest BCUT2D eigenvalue weighted by Gasteiger charge is -2.05. The van der Waals surface area contributed by atoms with Crippen LogP contribution < -0.4 is 16.0 Å². The second kappa shape index (κ2) is 11.2. The molecular formula is C15H24N4O3. The third-order valence-electron chi connectivity index (χ3n) is 2.50. The van der Waals surface area contributed by atoms with Crippen molar-refractivity contribution in [1.29, 1.82) is 0 Å². The van der Waals surface area contributed by atoms with Crippen molar-refractivity contribution in [3.8, 4) is 6.01 Å². The maximum Gasteiger partial charge on any atom is 0.347 e. The van der Waals surface area contributed by atoms with Gasteiger partial charge in [0.1, 0.15) is 0 Å². The molecule has 0 unspecified atom stereocenters. The Bertz CT molecular complexity index is 649. The molecule has 0 saturated carbocycles. The minimum atomic E-state index is -0.272. The Balaban J connectivity index is 0.000000366. The fourth-order valence-electron chi connectivity index (χ4n) is 1.44. The number of aromatic nitrogens is 4. The lowest BCUT2D eigenvalue weighted by Crippen LogP contribution is -2.19. The lowest BCUT2D eigenvalue weighted by molar-refractivity contribution is 0.350. The summed E-state index contributed by atoms with van der Waals surface area (Å²) in [7, 11) is 1.49. The SMILES string of the molecule is CC.CCn1ccc(=O)nc1OC.CCn1cccnc1=O. The van der Waals surface area contributed by atoms with Crippen LogP contribution in [-0.4, -0.2) is 26.2 Å². The van der Waals surface area contributed by atoms with Gasteiger partial charge in [-0.2, -0.15) is 4.98 Å². The molecule has 0 aliphatic carbocycles. The molecule has 0 amide bonds. The highest BCUT2D eigenvalue weighted by Gasteiger charge is 1.98. The monoisotopic (exact) mass is 308 g/mol. The molecule has 2 rings (SSSR count). The van der Waals surface area contributed by atoms with Gasteiger partial charge in [0, 0.05) is 37.7 Å². The minimum Gasteiger partial charge on any atom is -0.468 e. The third kappa shape index (κ3) is 6.34. The molecule has 0 N–H and O–H groups in total. The normalized spacial score (nSPS) is 8.95. The molecule has 0 atom stereocenters. The fourth-order valence-corrected chi connectivity index (χ4v) is 1.44. The maximum absolute atomic E-state index is 10.7. The number of hydrogen-bond donors (Lipinski definition) is 0. The van der Waals surface area contributed by atoms with E-state index >= 15 is 0 Å². The predicted octanol–water partition coefficient (Wildman–Crippen LogP) is 1.56. The molecule has 0 aliphatic rings. The smallest absolute Gasteiger partial charge is 0.347 e. The molecule has 7 nitrogen and oxygen atoms in total. The zero-order valence-electron chi connectivity index (χ0n) is 13.8. The zero-order valence-corrected chi connectivity index (χ0v) is 13.8. The Hall–Kier alpha value is -2.44. The number of nitrogens with zero attached hydrogens (tertiary/aromatic N) is 4. The summed E-state index contributed by atoms with van der Waals surface area (Å²) in [6.07, 6.45) is 4.87. The average molecular weight is 308 g/mol. The molecule has 0 aromatic carbocycles. The van der Waals surface area contributed by atoms with Gasteiger partial charge in [-0.3, -0.25) is 9.36 Å². The van der Waals surface area contributed by atoms with E-state index < -0.39 is 0 Å². The van der Waals surface area contributed by atoms with Crippen molar-refractivity contribution < 1.29 is 4.74 Å². The quantitative estimate of drug-likeness (QED) is 0.860. The van der Waals surface area contributed by atoms with Crippen LogP contribution in [0.15, 0.2) is 40.3 Å². The first-order valence-electron chi connectivity index (χ1n) is 7.25. The molecule has 2 aromatic rings. The molecule has 0 spiro atoms. The average Bonchev–Trinajstić information content (AvgIpc) is 2.57. The number of methoxy groups -OCH3 is 1. The first kappa shape index (κ1) is 19.6. The van der Waals surface area contributed by atoms with Gasteiger partial charge in [-0.1, -0.05) is 13.8 Å². The van der Waals surface area contributed by atoms with Crippen molar-refractivity contribution >= 4 is 0 Å². The van der Waals surface area contributed by atoms with Crippen molar-refractivity contribution in [1.82, 2.24) is 19.1 Å². The summed E-state index contributed by atoms with van der Waals surface area (Å²) >= 11 is 0. The number of hydrogen-bond acceptors (Lipinski definition) is 5. The van der Waals surface area contributed by atoms with E-state index in [1.54, 1.807) is 27.6 Å². The highest BCUT2D eigenvalue weighted by atomic mass is 16.5. The Morgan fingerprint density at radius 2 is 1.73 bits per heavy atom. The van der Waals surface area contributed by atoms with Crippen molar-refractivity contribution in [2.45, 2.75) is 40.8 Å². The van der Waals surface area contributed by atoms with Crippen LogP contribution in [0.5, 0.6) is 6.01 Å². The van der Waals surface area contributed by atoms with Crippen LogP contribution >= 0.6 is 0 Å². The van der Waals surface area contributed by atoms with Crippen molar-refractivity contribution in [3.05, 3.63) is 51.6 Å². The predicted molar refractivity (Wildman–Crippen MR) is 86.2 cm³/mol. The van der Waals surface area contributed by atoms with Crippen LogP contribution in [0, 0.1) is 0 Å². The number of rotatable bonds is 3. The summed E-state index contributed by atoms with van der Waals surface area (Å²) < 4.78 is 8.16. The van der Waals surface area contributed by atoms with E-state index in [1.807, 2.05) is 27.7 Å². The van der Waals surface area contributed by atoms with Gasteiger partial charge in [0.25, 0.3) is 11.6 Å². The van der Waals surface area contributed by atoms with Gasteiger partial charge < -0.3 is 9.30 Å². The second-order valence-corrected chi connectivity index (χ2v) is 3.73. The topological polar surface area (TPSA) is 79.0 Å². The van der Waals surface area contributed by atoms with Crippen LogP contribution in [0.25, 0.3) is 0 Å². The molecule has 0 radical (unpaired) electrons. The molecule has 22 heavy (non-hydrogen) atoms. The zero-order chi connectivity index (χ0) is 17.0. The number of ether oxygens (including phenoxy) is 1. The minimum absolute atomic E-state index is 0.181. The highest BCUT2D eigenvalue weighted by Crippen LogP contribution is 2.00. The van der Waals surface area contributed by atoms with Crippen molar-refractivity contribution in [3.63, 3.8) is 0 Å². The Kier molecular flexibility index (Phi) is 10.00. The van der Waals surface area contributed by atoms with Gasteiger partial charge in [-0.25, -0.2) is 9.78 Å².